The number of nitrogens with zero attached hydrogens (tertiary/aromatic N) is 2. The monoisotopic (exact) mass is 281 g/mol. The van der Waals surface area contributed by atoms with Gasteiger partial charge in [0.25, 0.3) is 0 Å². The number of fused-ring (bicyclic) bond motifs is 1. The summed E-state index contributed by atoms with van der Waals surface area (Å²) in [5, 5.41) is 21.5. The van der Waals surface area contributed by atoms with Crippen molar-refractivity contribution in [2.75, 3.05) is 5.32 Å². The van der Waals surface area contributed by atoms with Gasteiger partial charge in [-0.1, -0.05) is 6.07 Å². The third-order valence-electron chi connectivity index (χ3n) is 3.59. The van der Waals surface area contributed by atoms with E-state index in [1.54, 1.807) is 24.3 Å². The van der Waals surface area contributed by atoms with Crippen LogP contribution in [0.1, 0.15) is 35.7 Å². The summed E-state index contributed by atoms with van der Waals surface area (Å²) in [7, 11) is 0. The summed E-state index contributed by atoms with van der Waals surface area (Å²) in [5.74, 6) is 0. The molecular formula is C15H15N5O. The van der Waals surface area contributed by atoms with E-state index in [0.29, 0.717) is 11.3 Å². The van der Waals surface area contributed by atoms with Crippen molar-refractivity contribution in [1.82, 2.24) is 15.5 Å². The average molecular weight is 281 g/mol. The molecule has 21 heavy (non-hydrogen) atoms. The minimum absolute atomic E-state index is 0.0459. The fraction of sp³-hybridized carbons (Fsp3) is 0.267. The lowest BCUT2D eigenvalue weighted by Gasteiger charge is -2.23. The van der Waals surface area contributed by atoms with Crippen molar-refractivity contribution >= 4 is 11.7 Å². The average Bonchev–Trinajstić information content (AvgIpc) is 2.97. The zero-order chi connectivity index (χ0) is 14.7. The largest absolute Gasteiger partial charge is 0.330 e. The van der Waals surface area contributed by atoms with Gasteiger partial charge in [-0.3, -0.25) is 5.10 Å². The van der Waals surface area contributed by atoms with Crippen LogP contribution >= 0.6 is 0 Å². The van der Waals surface area contributed by atoms with E-state index in [4.69, 9.17) is 5.26 Å². The van der Waals surface area contributed by atoms with Gasteiger partial charge in [-0.25, -0.2) is 4.79 Å². The van der Waals surface area contributed by atoms with Crippen LogP contribution in [0.3, 0.4) is 0 Å². The molecule has 0 saturated carbocycles. The van der Waals surface area contributed by atoms with Gasteiger partial charge in [0.2, 0.25) is 0 Å². The first-order valence-electron chi connectivity index (χ1n) is 6.86. The zero-order valence-electron chi connectivity index (χ0n) is 11.4. The lowest BCUT2D eigenvalue weighted by atomic mass is 9.94. The van der Waals surface area contributed by atoms with Crippen LogP contribution in [-0.4, -0.2) is 16.2 Å². The first-order chi connectivity index (χ1) is 10.3. The van der Waals surface area contributed by atoms with Crippen molar-refractivity contribution in [3.8, 4) is 6.07 Å². The molecule has 2 amide bonds. The van der Waals surface area contributed by atoms with Gasteiger partial charge in [0.1, 0.15) is 0 Å². The van der Waals surface area contributed by atoms with Crippen LogP contribution in [0.5, 0.6) is 0 Å². The van der Waals surface area contributed by atoms with Gasteiger partial charge < -0.3 is 10.6 Å². The van der Waals surface area contributed by atoms with Gasteiger partial charge in [0, 0.05) is 5.69 Å². The number of anilines is 1. The van der Waals surface area contributed by atoms with Crippen LogP contribution in [0, 0.1) is 11.3 Å². The number of nitriles is 1. The van der Waals surface area contributed by atoms with Crippen molar-refractivity contribution in [1.29, 1.82) is 5.26 Å². The van der Waals surface area contributed by atoms with E-state index in [-0.39, 0.29) is 12.1 Å². The Morgan fingerprint density at radius 1 is 1.48 bits per heavy atom. The number of carbonyl (C=O) groups excluding carboxylic acids is 1. The van der Waals surface area contributed by atoms with Gasteiger partial charge in [-0.05, 0) is 43.0 Å². The van der Waals surface area contributed by atoms with Crippen LogP contribution in [0.25, 0.3) is 0 Å². The molecule has 1 aromatic heterocycles. The highest BCUT2D eigenvalue weighted by Gasteiger charge is 2.23. The summed E-state index contributed by atoms with van der Waals surface area (Å²) in [6, 6.07) is 8.55. The van der Waals surface area contributed by atoms with Crippen LogP contribution < -0.4 is 10.6 Å². The molecule has 0 spiro atoms. The van der Waals surface area contributed by atoms with Crippen molar-refractivity contribution in [3.63, 3.8) is 0 Å². The highest BCUT2D eigenvalue weighted by Crippen LogP contribution is 2.27. The molecule has 0 radical (unpaired) electrons. The number of urea groups is 1. The topological polar surface area (TPSA) is 93.6 Å². The molecule has 2 aromatic rings. The number of aromatic nitrogens is 2. The molecule has 0 aliphatic heterocycles. The number of rotatable bonds is 2. The Morgan fingerprint density at radius 3 is 3.24 bits per heavy atom. The van der Waals surface area contributed by atoms with Crippen LogP contribution in [-0.2, 0) is 6.42 Å². The Bertz CT molecular complexity index is 700. The fourth-order valence-corrected chi connectivity index (χ4v) is 2.60. The predicted octanol–water partition coefficient (Wildman–Crippen LogP) is 2.48. The van der Waals surface area contributed by atoms with E-state index in [1.165, 1.54) is 0 Å². The molecule has 0 bridgehead atoms. The molecule has 0 fully saturated rings. The van der Waals surface area contributed by atoms with Crippen molar-refractivity contribution in [2.45, 2.75) is 25.3 Å². The molecule has 1 aliphatic carbocycles. The number of hydrogen-bond donors (Lipinski definition) is 3. The molecular weight excluding hydrogens is 266 g/mol. The van der Waals surface area contributed by atoms with Gasteiger partial charge >= 0.3 is 6.03 Å². The third kappa shape index (κ3) is 2.87. The maximum absolute atomic E-state index is 12.1. The lowest BCUT2D eigenvalue weighted by molar-refractivity contribution is 0.247. The minimum atomic E-state index is -0.280. The van der Waals surface area contributed by atoms with Crippen molar-refractivity contribution < 1.29 is 4.79 Å². The Kier molecular flexibility index (Phi) is 3.56. The lowest BCUT2D eigenvalue weighted by Crippen LogP contribution is -2.34. The second kappa shape index (κ2) is 5.67. The molecule has 3 N–H and O–H groups in total. The molecule has 3 rings (SSSR count). The van der Waals surface area contributed by atoms with E-state index in [2.05, 4.69) is 20.8 Å². The van der Waals surface area contributed by atoms with E-state index < -0.39 is 0 Å². The molecule has 1 aliphatic rings. The molecule has 1 atom stereocenters. The van der Waals surface area contributed by atoms with Crippen molar-refractivity contribution in [2.24, 2.45) is 0 Å². The first-order valence-corrected chi connectivity index (χ1v) is 6.86. The summed E-state index contributed by atoms with van der Waals surface area (Å²) in [6.07, 6.45) is 4.73. The number of aromatic amines is 1. The second-order valence-electron chi connectivity index (χ2n) is 5.04. The summed E-state index contributed by atoms with van der Waals surface area (Å²) in [4.78, 5) is 12.1. The Morgan fingerprint density at radius 2 is 2.38 bits per heavy atom. The van der Waals surface area contributed by atoms with Gasteiger partial charge in [-0.2, -0.15) is 10.4 Å². The highest BCUT2D eigenvalue weighted by atomic mass is 16.2. The smallest absolute Gasteiger partial charge is 0.319 e. The Balaban J connectivity index is 1.67. The Labute approximate surface area is 122 Å². The number of amides is 2. The normalized spacial score (nSPS) is 16.6. The molecule has 6 heteroatoms. The summed E-state index contributed by atoms with van der Waals surface area (Å²) in [6.45, 7) is 0. The molecule has 1 aromatic carbocycles. The highest BCUT2D eigenvalue weighted by molar-refractivity contribution is 5.89. The summed E-state index contributed by atoms with van der Waals surface area (Å²) in [5.41, 5.74) is 3.27. The molecule has 6 nitrogen and oxygen atoms in total. The Hall–Kier alpha value is -2.81. The van der Waals surface area contributed by atoms with Crippen LogP contribution in [0.2, 0.25) is 0 Å². The number of nitrogens with one attached hydrogen (secondary N) is 3. The molecule has 0 unspecified atom stereocenters. The van der Waals surface area contributed by atoms with E-state index in [1.807, 2.05) is 12.3 Å². The zero-order valence-corrected chi connectivity index (χ0v) is 11.4. The number of carbonyl (C=O) groups is 1. The number of H-pyrrole nitrogens is 1. The van der Waals surface area contributed by atoms with Gasteiger partial charge in [0.15, 0.2) is 0 Å². The predicted molar refractivity (Wildman–Crippen MR) is 77.6 cm³/mol. The van der Waals surface area contributed by atoms with Gasteiger partial charge in [0.05, 0.1) is 29.6 Å². The van der Waals surface area contributed by atoms with Crippen LogP contribution in [0.4, 0.5) is 10.5 Å². The standard InChI is InChI=1S/C15H15N5O/c16-8-10-3-1-5-12(7-10)18-15(21)19-13-6-2-4-11-9-17-20-14(11)13/h1,3,5,7,9,13H,2,4,6H2,(H,17,20)(H2,18,19,21)/t13-/m0/s1. The summed E-state index contributed by atoms with van der Waals surface area (Å²) >= 11 is 0. The maximum atomic E-state index is 12.1. The van der Waals surface area contributed by atoms with E-state index >= 15 is 0 Å². The third-order valence-corrected chi connectivity index (χ3v) is 3.59. The van der Waals surface area contributed by atoms with E-state index in [9.17, 15) is 4.79 Å². The second-order valence-corrected chi connectivity index (χ2v) is 5.04. The minimum Gasteiger partial charge on any atom is -0.330 e. The van der Waals surface area contributed by atoms with E-state index in [0.717, 1.165) is 30.5 Å². The number of hydrogen-bond acceptors (Lipinski definition) is 3. The quantitative estimate of drug-likeness (QED) is 0.789. The molecule has 0 saturated heterocycles. The van der Waals surface area contributed by atoms with Crippen molar-refractivity contribution in [3.05, 3.63) is 47.3 Å². The fourth-order valence-electron chi connectivity index (χ4n) is 2.60. The number of aryl methyl sites for hydroxylation is 1. The molecule has 106 valence electrons. The molecule has 1 heterocycles. The van der Waals surface area contributed by atoms with Gasteiger partial charge in [-0.15, -0.1) is 0 Å². The maximum Gasteiger partial charge on any atom is 0.319 e. The number of benzene rings is 1. The summed E-state index contributed by atoms with van der Waals surface area (Å²) < 4.78 is 0. The SMILES string of the molecule is N#Cc1cccc(NC(=O)N[C@H]2CCCc3cn[nH]c32)c1. The van der Waals surface area contributed by atoms with Crippen LogP contribution in [0.15, 0.2) is 30.5 Å². The first kappa shape index (κ1) is 13.2.